The fourth-order valence-corrected chi connectivity index (χ4v) is 2.26. The molecule has 1 aromatic carbocycles. The van der Waals surface area contributed by atoms with Gasteiger partial charge in [-0.3, -0.25) is 4.79 Å². The van der Waals surface area contributed by atoms with Crippen LogP contribution in [0.1, 0.15) is 17.3 Å². The van der Waals surface area contributed by atoms with E-state index in [1.54, 1.807) is 6.92 Å². The molecule has 0 radical (unpaired) electrons. The molecule has 0 amide bonds. The van der Waals surface area contributed by atoms with Gasteiger partial charge in [-0.25, -0.2) is 13.2 Å². The highest BCUT2D eigenvalue weighted by atomic mass is 32.2. The molecule has 2 N–H and O–H groups in total. The second-order valence-electron chi connectivity index (χ2n) is 3.46. The smallest absolute Gasteiger partial charge is 0.335 e. The standard InChI is InChI=1S/C11H13NO6S/c1-2-18-10(13)7-12-19(16,17)9-5-3-4-8(6-9)11(14)15/h3-6,12H,2,7H2,1H3,(H,14,15). The predicted octanol–water partition coefficient (Wildman–Crippen LogP) is 0.226. The van der Waals surface area contributed by atoms with Crippen LogP contribution in [0.25, 0.3) is 0 Å². The number of carbonyl (C=O) groups excluding carboxylic acids is 1. The lowest BCUT2D eigenvalue weighted by Gasteiger charge is -2.07. The van der Waals surface area contributed by atoms with Crippen LogP contribution in [0.15, 0.2) is 29.2 Å². The summed E-state index contributed by atoms with van der Waals surface area (Å²) in [5, 5.41) is 8.77. The van der Waals surface area contributed by atoms with Gasteiger partial charge in [0.05, 0.1) is 17.1 Å². The Bertz CT molecular complexity index is 581. The molecule has 0 aliphatic rings. The Balaban J connectivity index is 2.85. The normalized spacial score (nSPS) is 11.0. The molecule has 104 valence electrons. The van der Waals surface area contributed by atoms with Crippen molar-refractivity contribution in [1.29, 1.82) is 0 Å². The summed E-state index contributed by atoms with van der Waals surface area (Å²) in [5.41, 5.74) is -0.154. The van der Waals surface area contributed by atoms with Crippen molar-refractivity contribution in [2.24, 2.45) is 0 Å². The van der Waals surface area contributed by atoms with Crippen LogP contribution >= 0.6 is 0 Å². The van der Waals surface area contributed by atoms with Crippen molar-refractivity contribution in [3.05, 3.63) is 29.8 Å². The number of carboxylic acid groups (broad SMARTS) is 1. The van der Waals surface area contributed by atoms with E-state index in [1.807, 2.05) is 4.72 Å². The van der Waals surface area contributed by atoms with Crippen LogP contribution in [-0.2, 0) is 19.6 Å². The summed E-state index contributed by atoms with van der Waals surface area (Å²) in [4.78, 5) is 21.6. The molecule has 1 aromatic rings. The lowest BCUT2D eigenvalue weighted by molar-refractivity contribution is -0.141. The molecule has 0 saturated heterocycles. The molecular formula is C11H13NO6S. The number of esters is 1. The van der Waals surface area contributed by atoms with E-state index in [0.29, 0.717) is 0 Å². The summed E-state index contributed by atoms with van der Waals surface area (Å²) < 4.78 is 30.2. The quantitative estimate of drug-likeness (QED) is 0.725. The minimum Gasteiger partial charge on any atom is -0.478 e. The zero-order chi connectivity index (χ0) is 14.5. The van der Waals surface area contributed by atoms with Gasteiger partial charge in [0.2, 0.25) is 10.0 Å². The van der Waals surface area contributed by atoms with Crippen molar-refractivity contribution in [3.8, 4) is 0 Å². The summed E-state index contributed by atoms with van der Waals surface area (Å²) in [6, 6.07) is 4.82. The van der Waals surface area contributed by atoms with Crippen molar-refractivity contribution in [3.63, 3.8) is 0 Å². The van der Waals surface area contributed by atoms with E-state index in [0.717, 1.165) is 6.07 Å². The molecular weight excluding hydrogens is 274 g/mol. The number of sulfonamides is 1. The van der Waals surface area contributed by atoms with Crippen LogP contribution in [-0.4, -0.2) is 38.6 Å². The third kappa shape index (κ3) is 4.34. The fraction of sp³-hybridized carbons (Fsp3) is 0.273. The first kappa shape index (κ1) is 15.1. The number of ether oxygens (including phenoxy) is 1. The molecule has 8 heteroatoms. The fourth-order valence-electron chi connectivity index (χ4n) is 1.25. The van der Waals surface area contributed by atoms with Gasteiger partial charge in [0, 0.05) is 0 Å². The Morgan fingerprint density at radius 3 is 2.63 bits per heavy atom. The number of hydrogen-bond acceptors (Lipinski definition) is 5. The molecule has 19 heavy (non-hydrogen) atoms. The number of hydrogen-bond donors (Lipinski definition) is 2. The summed E-state index contributed by atoms with van der Waals surface area (Å²) in [6.45, 7) is 1.24. The van der Waals surface area contributed by atoms with Gasteiger partial charge in [-0.1, -0.05) is 6.07 Å². The first-order valence-electron chi connectivity index (χ1n) is 5.35. The molecule has 0 aromatic heterocycles. The van der Waals surface area contributed by atoms with Crippen LogP contribution in [0.5, 0.6) is 0 Å². The minimum atomic E-state index is -3.94. The molecule has 0 fully saturated rings. The van der Waals surface area contributed by atoms with Crippen LogP contribution in [0.4, 0.5) is 0 Å². The Labute approximate surface area is 110 Å². The third-order valence-electron chi connectivity index (χ3n) is 2.10. The number of carbonyl (C=O) groups is 2. The van der Waals surface area contributed by atoms with Crippen molar-refractivity contribution >= 4 is 22.0 Å². The molecule has 0 bridgehead atoms. The number of benzene rings is 1. The molecule has 0 unspecified atom stereocenters. The maximum atomic E-state index is 11.8. The monoisotopic (exact) mass is 287 g/mol. The van der Waals surface area contributed by atoms with Gasteiger partial charge in [0.15, 0.2) is 0 Å². The molecule has 0 saturated carbocycles. The molecule has 0 aliphatic carbocycles. The highest BCUT2D eigenvalue weighted by Gasteiger charge is 2.17. The van der Waals surface area contributed by atoms with Crippen LogP contribution in [0.3, 0.4) is 0 Å². The van der Waals surface area contributed by atoms with Crippen molar-refractivity contribution in [2.75, 3.05) is 13.2 Å². The largest absolute Gasteiger partial charge is 0.478 e. The van der Waals surface area contributed by atoms with Crippen molar-refractivity contribution in [2.45, 2.75) is 11.8 Å². The highest BCUT2D eigenvalue weighted by Crippen LogP contribution is 2.11. The van der Waals surface area contributed by atoms with Gasteiger partial charge in [-0.05, 0) is 25.1 Å². The maximum absolute atomic E-state index is 11.8. The molecule has 0 aliphatic heterocycles. The Morgan fingerprint density at radius 1 is 1.37 bits per heavy atom. The first-order valence-corrected chi connectivity index (χ1v) is 6.83. The second-order valence-corrected chi connectivity index (χ2v) is 5.23. The Kier molecular flexibility index (Phi) is 5.02. The van der Waals surface area contributed by atoms with E-state index in [4.69, 9.17) is 5.11 Å². The highest BCUT2D eigenvalue weighted by molar-refractivity contribution is 7.89. The van der Waals surface area contributed by atoms with E-state index in [-0.39, 0.29) is 17.1 Å². The van der Waals surface area contributed by atoms with Gasteiger partial charge >= 0.3 is 11.9 Å². The Hall–Kier alpha value is -1.93. The van der Waals surface area contributed by atoms with Gasteiger partial charge in [-0.2, -0.15) is 4.72 Å². The third-order valence-corrected chi connectivity index (χ3v) is 3.50. The molecule has 7 nitrogen and oxygen atoms in total. The van der Waals surface area contributed by atoms with Crippen LogP contribution < -0.4 is 4.72 Å². The summed E-state index contributed by atoms with van der Waals surface area (Å²) in [6.07, 6.45) is 0. The van der Waals surface area contributed by atoms with E-state index in [1.165, 1.54) is 18.2 Å². The van der Waals surface area contributed by atoms with Crippen molar-refractivity contribution < 1.29 is 27.9 Å². The van der Waals surface area contributed by atoms with Gasteiger partial charge in [0.1, 0.15) is 6.54 Å². The Morgan fingerprint density at radius 2 is 2.05 bits per heavy atom. The number of rotatable bonds is 6. The lowest BCUT2D eigenvalue weighted by atomic mass is 10.2. The van der Waals surface area contributed by atoms with Crippen LogP contribution in [0.2, 0.25) is 0 Å². The van der Waals surface area contributed by atoms with E-state index in [2.05, 4.69) is 4.74 Å². The maximum Gasteiger partial charge on any atom is 0.335 e. The second kappa shape index (κ2) is 6.30. The summed E-state index contributed by atoms with van der Waals surface area (Å²) in [5.74, 6) is -1.94. The summed E-state index contributed by atoms with van der Waals surface area (Å²) >= 11 is 0. The predicted molar refractivity (Wildman–Crippen MR) is 65.2 cm³/mol. The average molecular weight is 287 g/mol. The molecule has 1 rings (SSSR count). The molecule has 0 heterocycles. The van der Waals surface area contributed by atoms with Crippen LogP contribution in [0, 0.1) is 0 Å². The van der Waals surface area contributed by atoms with Gasteiger partial charge < -0.3 is 9.84 Å². The zero-order valence-corrected chi connectivity index (χ0v) is 10.9. The first-order chi connectivity index (χ1) is 8.86. The van der Waals surface area contributed by atoms with Gasteiger partial charge in [0.25, 0.3) is 0 Å². The van der Waals surface area contributed by atoms with Crippen molar-refractivity contribution in [1.82, 2.24) is 4.72 Å². The molecule has 0 atom stereocenters. The average Bonchev–Trinajstić information content (AvgIpc) is 2.37. The number of nitrogens with one attached hydrogen (secondary N) is 1. The van der Waals surface area contributed by atoms with E-state index < -0.39 is 28.5 Å². The van der Waals surface area contributed by atoms with Gasteiger partial charge in [-0.15, -0.1) is 0 Å². The minimum absolute atomic E-state index is 0.148. The summed E-state index contributed by atoms with van der Waals surface area (Å²) in [7, 11) is -3.94. The van der Waals surface area contributed by atoms with E-state index in [9.17, 15) is 18.0 Å². The number of carboxylic acids is 1. The number of aromatic carboxylic acids is 1. The van der Waals surface area contributed by atoms with E-state index >= 15 is 0 Å². The lowest BCUT2D eigenvalue weighted by Crippen LogP contribution is -2.30. The molecule has 0 spiro atoms. The SMILES string of the molecule is CCOC(=O)CNS(=O)(=O)c1cccc(C(=O)O)c1. The zero-order valence-electron chi connectivity index (χ0n) is 10.1. The topological polar surface area (TPSA) is 110 Å².